The Bertz CT molecular complexity index is 983. The predicted molar refractivity (Wildman–Crippen MR) is 123 cm³/mol. The van der Waals surface area contributed by atoms with Gasteiger partial charge in [0.1, 0.15) is 11.6 Å². The summed E-state index contributed by atoms with van der Waals surface area (Å²) < 4.78 is 1.51. The molecule has 2 aliphatic heterocycles. The molecule has 1 aliphatic carbocycles. The maximum Gasteiger partial charge on any atom is 0.267 e. The molecular formula is C22H30N6O2S. The fourth-order valence-electron chi connectivity index (χ4n) is 4.98. The van der Waals surface area contributed by atoms with E-state index in [-0.39, 0.29) is 17.6 Å². The minimum atomic E-state index is -0.486. The maximum atomic E-state index is 12.4. The molecule has 4 heterocycles. The van der Waals surface area contributed by atoms with Gasteiger partial charge in [0, 0.05) is 37.4 Å². The Kier molecular flexibility index (Phi) is 6.13. The zero-order valence-electron chi connectivity index (χ0n) is 17.7. The molecule has 2 fully saturated rings. The minimum Gasteiger partial charge on any atom is -0.391 e. The van der Waals surface area contributed by atoms with E-state index in [9.17, 15) is 9.90 Å². The molecule has 2 aromatic heterocycles. The number of rotatable bonds is 5. The van der Waals surface area contributed by atoms with E-state index >= 15 is 0 Å². The monoisotopic (exact) mass is 442 g/mol. The summed E-state index contributed by atoms with van der Waals surface area (Å²) in [5.74, 6) is 3.78. The maximum absolute atomic E-state index is 12.4. The summed E-state index contributed by atoms with van der Waals surface area (Å²) in [5, 5.41) is 27.3. The lowest BCUT2D eigenvalue weighted by atomic mass is 10.0. The fraction of sp³-hybridized carbons (Fsp3) is 0.636. The Morgan fingerprint density at radius 2 is 2.10 bits per heavy atom. The molecule has 2 aromatic rings. The van der Waals surface area contributed by atoms with Gasteiger partial charge in [-0.1, -0.05) is 0 Å². The van der Waals surface area contributed by atoms with Gasteiger partial charge in [-0.15, -0.1) is 5.10 Å². The number of aromatic nitrogens is 4. The van der Waals surface area contributed by atoms with Crippen LogP contribution < -0.4 is 15.8 Å². The summed E-state index contributed by atoms with van der Waals surface area (Å²) in [6, 6.07) is 5.63. The first-order valence-corrected chi connectivity index (χ1v) is 12.6. The van der Waals surface area contributed by atoms with Gasteiger partial charge in [-0.25, -0.2) is 4.68 Å². The number of nitrogens with zero attached hydrogens (tertiary/aromatic N) is 5. The van der Waals surface area contributed by atoms with Gasteiger partial charge >= 0.3 is 0 Å². The van der Waals surface area contributed by atoms with Crippen LogP contribution in [0.5, 0.6) is 0 Å². The molecule has 1 saturated heterocycles. The fourth-order valence-corrected chi connectivity index (χ4v) is 5.93. The van der Waals surface area contributed by atoms with Crippen molar-refractivity contribution in [2.45, 2.75) is 68.9 Å². The Morgan fingerprint density at radius 3 is 2.97 bits per heavy atom. The number of thioether (sulfide) groups is 1. The molecule has 9 heteroatoms. The Labute approximate surface area is 186 Å². The van der Waals surface area contributed by atoms with Crippen LogP contribution in [0.3, 0.4) is 0 Å². The van der Waals surface area contributed by atoms with E-state index in [2.05, 4.69) is 26.5 Å². The zero-order chi connectivity index (χ0) is 21.2. The molecule has 3 unspecified atom stereocenters. The number of fused-ring (bicyclic) bond motifs is 1. The number of hydrogen-bond donors (Lipinski definition) is 2. The van der Waals surface area contributed by atoms with Gasteiger partial charge in [0.2, 0.25) is 0 Å². The third-order valence-electron chi connectivity index (χ3n) is 6.71. The molecule has 1 saturated carbocycles. The highest BCUT2D eigenvalue weighted by Crippen LogP contribution is 2.30. The van der Waals surface area contributed by atoms with Gasteiger partial charge in [0.25, 0.3) is 5.56 Å². The second kappa shape index (κ2) is 9.16. The number of aryl methyl sites for hydroxylation is 1. The summed E-state index contributed by atoms with van der Waals surface area (Å²) in [7, 11) is 0. The van der Waals surface area contributed by atoms with Crippen molar-refractivity contribution in [3.05, 3.63) is 39.8 Å². The number of aliphatic hydroxyl groups is 1. The molecule has 2 N–H and O–H groups in total. The molecule has 0 spiro atoms. The van der Waals surface area contributed by atoms with E-state index in [1.165, 1.54) is 16.7 Å². The lowest BCUT2D eigenvalue weighted by molar-refractivity contribution is 0.127. The van der Waals surface area contributed by atoms with E-state index < -0.39 is 6.10 Å². The average Bonchev–Trinajstić information content (AvgIpc) is 3.24. The molecule has 3 aliphatic rings. The third kappa shape index (κ3) is 4.43. The van der Waals surface area contributed by atoms with Gasteiger partial charge in [0.05, 0.1) is 17.8 Å². The first-order chi connectivity index (χ1) is 15.2. The van der Waals surface area contributed by atoms with Gasteiger partial charge in [-0.2, -0.15) is 22.0 Å². The molecule has 166 valence electrons. The summed E-state index contributed by atoms with van der Waals surface area (Å²) in [5.41, 5.74) is 2.28. The molecule has 8 nitrogen and oxygen atoms in total. The first-order valence-electron chi connectivity index (χ1n) is 11.4. The number of hydrogen-bond acceptors (Lipinski definition) is 8. The van der Waals surface area contributed by atoms with Crippen LogP contribution in [-0.4, -0.2) is 56.1 Å². The summed E-state index contributed by atoms with van der Waals surface area (Å²) in [6.07, 6.45) is 6.34. The third-order valence-corrected chi connectivity index (χ3v) is 7.72. The van der Waals surface area contributed by atoms with Crippen LogP contribution in [0.4, 0.5) is 11.6 Å². The van der Waals surface area contributed by atoms with Crippen LogP contribution in [0.15, 0.2) is 23.0 Å². The molecule has 0 amide bonds. The van der Waals surface area contributed by atoms with Crippen molar-refractivity contribution in [1.82, 2.24) is 20.0 Å². The summed E-state index contributed by atoms with van der Waals surface area (Å²) >= 11 is 1.95. The van der Waals surface area contributed by atoms with Crippen LogP contribution in [-0.2, 0) is 12.2 Å². The molecule has 3 atom stereocenters. The van der Waals surface area contributed by atoms with Crippen LogP contribution in [0, 0.1) is 0 Å². The van der Waals surface area contributed by atoms with Gasteiger partial charge in [-0.05, 0) is 62.0 Å². The number of aliphatic hydroxyl groups excluding tert-OH is 1. The quantitative estimate of drug-likeness (QED) is 0.729. The van der Waals surface area contributed by atoms with Crippen molar-refractivity contribution in [2.75, 3.05) is 29.1 Å². The largest absolute Gasteiger partial charge is 0.391 e. The number of piperidine rings is 1. The van der Waals surface area contributed by atoms with Crippen molar-refractivity contribution in [2.24, 2.45) is 0 Å². The van der Waals surface area contributed by atoms with Crippen LogP contribution >= 0.6 is 11.8 Å². The highest BCUT2D eigenvalue weighted by atomic mass is 32.2. The Morgan fingerprint density at radius 1 is 1.16 bits per heavy atom. The van der Waals surface area contributed by atoms with Gasteiger partial charge in [-0.3, -0.25) is 4.79 Å². The second-order valence-corrected chi connectivity index (χ2v) is 9.87. The van der Waals surface area contributed by atoms with Gasteiger partial charge in [0.15, 0.2) is 0 Å². The number of anilines is 2. The standard InChI is InChI=1S/C22H30N6O2S/c29-19-6-3-5-18(19)28-22(30)8-7-21(26-28)27-10-2-1-4-16(27)13-23-20-12-15-14-31-11-9-17(15)24-25-20/h7-8,12,16,18-19,29H,1-6,9-11,13-14H2,(H,23,25). The van der Waals surface area contributed by atoms with E-state index in [1.807, 2.05) is 17.8 Å². The van der Waals surface area contributed by atoms with Crippen LogP contribution in [0.25, 0.3) is 0 Å². The van der Waals surface area contributed by atoms with Crippen LogP contribution in [0.1, 0.15) is 55.8 Å². The highest BCUT2D eigenvalue weighted by Gasteiger charge is 2.30. The normalized spacial score (nSPS) is 26.0. The molecular weight excluding hydrogens is 412 g/mol. The average molecular weight is 443 g/mol. The Balaban J connectivity index is 1.32. The summed E-state index contributed by atoms with van der Waals surface area (Å²) in [4.78, 5) is 14.7. The molecule has 0 radical (unpaired) electrons. The van der Waals surface area contributed by atoms with E-state index in [1.54, 1.807) is 6.07 Å². The van der Waals surface area contributed by atoms with E-state index in [4.69, 9.17) is 5.10 Å². The summed E-state index contributed by atoms with van der Waals surface area (Å²) in [6.45, 7) is 1.67. The minimum absolute atomic E-state index is 0.136. The zero-order valence-corrected chi connectivity index (χ0v) is 18.6. The lowest BCUT2D eigenvalue weighted by Crippen LogP contribution is -2.45. The molecule has 0 aromatic carbocycles. The van der Waals surface area contributed by atoms with E-state index in [0.717, 1.165) is 80.4 Å². The number of nitrogens with one attached hydrogen (secondary N) is 1. The van der Waals surface area contributed by atoms with Gasteiger partial charge < -0.3 is 15.3 Å². The molecule has 5 rings (SSSR count). The van der Waals surface area contributed by atoms with Crippen LogP contribution in [0.2, 0.25) is 0 Å². The smallest absolute Gasteiger partial charge is 0.267 e. The topological polar surface area (TPSA) is 96.2 Å². The van der Waals surface area contributed by atoms with Crippen molar-refractivity contribution in [1.29, 1.82) is 0 Å². The predicted octanol–water partition coefficient (Wildman–Crippen LogP) is 2.38. The van der Waals surface area contributed by atoms with Crippen molar-refractivity contribution < 1.29 is 5.11 Å². The van der Waals surface area contributed by atoms with Crippen molar-refractivity contribution in [3.8, 4) is 0 Å². The SMILES string of the molecule is O=c1ccc(N2CCCCC2CNc2cc3c(nn2)CCSC3)nn1C1CCCC1O. The molecule has 0 bridgehead atoms. The van der Waals surface area contributed by atoms with E-state index in [0.29, 0.717) is 0 Å². The second-order valence-electron chi connectivity index (χ2n) is 8.77. The first kappa shape index (κ1) is 20.8. The lowest BCUT2D eigenvalue weighted by Gasteiger charge is -2.37. The highest BCUT2D eigenvalue weighted by molar-refractivity contribution is 7.98. The van der Waals surface area contributed by atoms with Crippen molar-refractivity contribution >= 4 is 23.4 Å². The molecule has 31 heavy (non-hydrogen) atoms. The van der Waals surface area contributed by atoms with Crippen molar-refractivity contribution in [3.63, 3.8) is 0 Å². The Hall–Kier alpha value is -2.13.